The summed E-state index contributed by atoms with van der Waals surface area (Å²) in [5.41, 5.74) is 2.69. The molecule has 0 unspecified atom stereocenters. The van der Waals surface area contributed by atoms with Gasteiger partial charge in [-0.1, -0.05) is 0 Å². The van der Waals surface area contributed by atoms with E-state index in [1.54, 1.807) is 18.6 Å². The Balaban J connectivity index is 1.35. The highest BCUT2D eigenvalue weighted by atomic mass is 16.3. The van der Waals surface area contributed by atoms with E-state index in [9.17, 15) is 4.79 Å². The van der Waals surface area contributed by atoms with Gasteiger partial charge in [-0.2, -0.15) is 9.61 Å². The van der Waals surface area contributed by atoms with E-state index in [0.717, 1.165) is 11.5 Å². The van der Waals surface area contributed by atoms with Gasteiger partial charge in [0, 0.05) is 38.3 Å². The number of furan rings is 3. The van der Waals surface area contributed by atoms with Crippen LogP contribution < -0.4 is 4.90 Å². The number of nitrogens with zero attached hydrogens (tertiary/aromatic N) is 5. The van der Waals surface area contributed by atoms with E-state index in [4.69, 9.17) is 23.3 Å². The molecule has 160 valence electrons. The zero-order valence-electron chi connectivity index (χ0n) is 17.0. The number of hydrogen-bond donors (Lipinski definition) is 0. The van der Waals surface area contributed by atoms with Crippen LogP contribution in [0.5, 0.6) is 0 Å². The summed E-state index contributed by atoms with van der Waals surface area (Å²) < 4.78 is 18.0. The Morgan fingerprint density at radius 3 is 2.28 bits per heavy atom. The smallest absolute Gasteiger partial charge is 0.257 e. The summed E-state index contributed by atoms with van der Waals surface area (Å²) >= 11 is 0. The molecule has 32 heavy (non-hydrogen) atoms. The highest BCUT2D eigenvalue weighted by Crippen LogP contribution is 2.28. The number of carbonyl (C=O) groups is 1. The number of carbonyl (C=O) groups excluding carboxylic acids is 1. The van der Waals surface area contributed by atoms with Crippen LogP contribution in [0.2, 0.25) is 0 Å². The molecule has 1 aliphatic rings. The standard InChI is InChI=1S/C23H19N5O4/c29-23(16-5-12-30-15-16)27-8-6-26(7-9-27)22-14-17(19-3-1-10-31-19)24-21-13-18(25-28(21)22)20-4-2-11-32-20/h1-5,10-15H,6-9H2. The minimum Gasteiger partial charge on any atom is -0.472 e. The molecule has 6 heterocycles. The molecule has 0 radical (unpaired) electrons. The van der Waals surface area contributed by atoms with Crippen molar-refractivity contribution in [2.45, 2.75) is 0 Å². The molecule has 0 N–H and O–H groups in total. The van der Waals surface area contributed by atoms with Gasteiger partial charge in [0.05, 0.1) is 24.4 Å². The fourth-order valence-corrected chi connectivity index (χ4v) is 3.99. The first-order chi connectivity index (χ1) is 15.8. The zero-order valence-corrected chi connectivity index (χ0v) is 17.0. The average molecular weight is 429 g/mol. The van der Waals surface area contributed by atoms with E-state index in [2.05, 4.69) is 4.90 Å². The molecule has 0 aromatic carbocycles. The predicted octanol–water partition coefficient (Wildman–Crippen LogP) is 3.80. The molecular weight excluding hydrogens is 410 g/mol. The Morgan fingerprint density at radius 1 is 0.875 bits per heavy atom. The highest BCUT2D eigenvalue weighted by molar-refractivity contribution is 5.94. The Bertz CT molecular complexity index is 1350. The van der Waals surface area contributed by atoms with Gasteiger partial charge >= 0.3 is 0 Å². The lowest BCUT2D eigenvalue weighted by atomic mass is 10.2. The third-order valence-corrected chi connectivity index (χ3v) is 5.61. The molecule has 0 aliphatic carbocycles. The van der Waals surface area contributed by atoms with E-state index in [0.29, 0.717) is 54.6 Å². The minimum absolute atomic E-state index is 0.0197. The molecule has 1 fully saturated rings. The van der Waals surface area contributed by atoms with Crippen LogP contribution in [0.15, 0.2) is 80.8 Å². The molecule has 0 atom stereocenters. The Labute approximate surface area is 182 Å². The van der Waals surface area contributed by atoms with E-state index in [-0.39, 0.29) is 5.91 Å². The van der Waals surface area contributed by atoms with Crippen LogP contribution in [0, 0.1) is 0 Å². The molecule has 0 spiro atoms. The number of fused-ring (bicyclic) bond motifs is 1. The maximum atomic E-state index is 12.7. The first kappa shape index (κ1) is 18.5. The number of amides is 1. The van der Waals surface area contributed by atoms with Crippen molar-refractivity contribution in [1.82, 2.24) is 19.5 Å². The van der Waals surface area contributed by atoms with E-state index in [1.165, 1.54) is 12.5 Å². The fourth-order valence-electron chi connectivity index (χ4n) is 3.99. The minimum atomic E-state index is -0.0197. The normalized spacial score (nSPS) is 14.4. The monoisotopic (exact) mass is 429 g/mol. The van der Waals surface area contributed by atoms with Crippen molar-refractivity contribution < 1.29 is 18.0 Å². The third kappa shape index (κ3) is 3.15. The van der Waals surface area contributed by atoms with Crippen LogP contribution in [-0.4, -0.2) is 51.6 Å². The van der Waals surface area contributed by atoms with Gasteiger partial charge in [-0.05, 0) is 30.3 Å². The van der Waals surface area contributed by atoms with Crippen molar-refractivity contribution in [3.05, 3.63) is 73.1 Å². The van der Waals surface area contributed by atoms with Crippen LogP contribution in [-0.2, 0) is 0 Å². The zero-order chi connectivity index (χ0) is 21.5. The quantitative estimate of drug-likeness (QED) is 0.429. The SMILES string of the molecule is O=C(c1ccoc1)N1CCN(c2cc(-c3ccco3)nc3cc(-c4ccco4)nn23)CC1. The molecule has 0 bridgehead atoms. The van der Waals surface area contributed by atoms with Gasteiger partial charge in [-0.15, -0.1) is 0 Å². The first-order valence-corrected chi connectivity index (χ1v) is 10.3. The summed E-state index contributed by atoms with van der Waals surface area (Å²) in [5, 5.41) is 4.74. The number of aromatic nitrogens is 3. The summed E-state index contributed by atoms with van der Waals surface area (Å²) in [7, 11) is 0. The maximum absolute atomic E-state index is 12.7. The van der Waals surface area contributed by atoms with Gasteiger partial charge in [-0.25, -0.2) is 4.98 Å². The largest absolute Gasteiger partial charge is 0.472 e. The molecule has 9 nitrogen and oxygen atoms in total. The second-order valence-electron chi connectivity index (χ2n) is 7.55. The topological polar surface area (TPSA) is 93.2 Å². The second kappa shape index (κ2) is 7.45. The van der Waals surface area contributed by atoms with Crippen molar-refractivity contribution in [2.75, 3.05) is 31.1 Å². The molecule has 6 rings (SSSR count). The number of piperazine rings is 1. The molecular formula is C23H19N5O4. The van der Waals surface area contributed by atoms with Gasteiger partial charge in [0.2, 0.25) is 0 Å². The number of anilines is 1. The van der Waals surface area contributed by atoms with Crippen LogP contribution in [0.1, 0.15) is 10.4 Å². The average Bonchev–Trinajstić information content (AvgIpc) is 3.65. The van der Waals surface area contributed by atoms with Crippen LogP contribution in [0.4, 0.5) is 5.82 Å². The highest BCUT2D eigenvalue weighted by Gasteiger charge is 2.25. The predicted molar refractivity (Wildman–Crippen MR) is 115 cm³/mol. The van der Waals surface area contributed by atoms with Crippen molar-refractivity contribution in [1.29, 1.82) is 0 Å². The summed E-state index contributed by atoms with van der Waals surface area (Å²) in [5.74, 6) is 2.23. The van der Waals surface area contributed by atoms with Gasteiger partial charge in [0.1, 0.15) is 23.5 Å². The lowest BCUT2D eigenvalue weighted by Crippen LogP contribution is -2.49. The Morgan fingerprint density at radius 2 is 1.62 bits per heavy atom. The first-order valence-electron chi connectivity index (χ1n) is 10.3. The van der Waals surface area contributed by atoms with Gasteiger partial charge in [0.15, 0.2) is 17.2 Å². The van der Waals surface area contributed by atoms with Crippen LogP contribution >= 0.6 is 0 Å². The van der Waals surface area contributed by atoms with Crippen molar-refractivity contribution in [2.24, 2.45) is 0 Å². The molecule has 9 heteroatoms. The second-order valence-corrected chi connectivity index (χ2v) is 7.55. The third-order valence-electron chi connectivity index (χ3n) is 5.61. The van der Waals surface area contributed by atoms with Crippen LogP contribution in [0.25, 0.3) is 28.6 Å². The number of hydrogen-bond acceptors (Lipinski definition) is 7. The van der Waals surface area contributed by atoms with Crippen LogP contribution in [0.3, 0.4) is 0 Å². The van der Waals surface area contributed by atoms with Crippen molar-refractivity contribution in [3.63, 3.8) is 0 Å². The molecule has 1 saturated heterocycles. The summed E-state index contributed by atoms with van der Waals surface area (Å²) in [4.78, 5) is 21.4. The molecule has 0 saturated carbocycles. The summed E-state index contributed by atoms with van der Waals surface area (Å²) in [6.07, 6.45) is 6.25. The lowest BCUT2D eigenvalue weighted by Gasteiger charge is -2.35. The maximum Gasteiger partial charge on any atom is 0.257 e. The molecule has 1 amide bonds. The molecule has 1 aliphatic heterocycles. The van der Waals surface area contributed by atoms with E-state index < -0.39 is 0 Å². The van der Waals surface area contributed by atoms with E-state index >= 15 is 0 Å². The molecule has 5 aromatic heterocycles. The molecule has 5 aromatic rings. The van der Waals surface area contributed by atoms with E-state index in [1.807, 2.05) is 45.8 Å². The lowest BCUT2D eigenvalue weighted by molar-refractivity contribution is 0.0745. The Hall–Kier alpha value is -4.27. The van der Waals surface area contributed by atoms with Crippen molar-refractivity contribution in [3.8, 4) is 22.9 Å². The Kier molecular flexibility index (Phi) is 4.31. The fraction of sp³-hybridized carbons (Fsp3) is 0.174. The summed E-state index contributed by atoms with van der Waals surface area (Å²) in [6, 6.07) is 13.0. The number of rotatable bonds is 4. The van der Waals surface area contributed by atoms with Crippen molar-refractivity contribution >= 4 is 17.4 Å². The van der Waals surface area contributed by atoms with Gasteiger partial charge < -0.3 is 23.1 Å². The van der Waals surface area contributed by atoms with Gasteiger partial charge in [-0.3, -0.25) is 4.79 Å². The summed E-state index contributed by atoms with van der Waals surface area (Å²) in [6.45, 7) is 2.51. The van der Waals surface area contributed by atoms with Gasteiger partial charge in [0.25, 0.3) is 5.91 Å².